The molecule has 0 spiro atoms. The van der Waals surface area contributed by atoms with Crippen LogP contribution in [0.2, 0.25) is 0 Å². The molecule has 0 N–H and O–H groups in total. The predicted molar refractivity (Wildman–Crippen MR) is 135 cm³/mol. The molecule has 0 aliphatic carbocycles. The largest absolute Gasteiger partial charge is 0.493 e. The summed E-state index contributed by atoms with van der Waals surface area (Å²) in [6.45, 7) is 1.87. The average Bonchev–Trinajstić information content (AvgIpc) is 2.90. The molecule has 43 heavy (non-hydrogen) atoms. The highest BCUT2D eigenvalue weighted by Gasteiger charge is 2.41. The average molecular weight is 612 g/mol. The minimum Gasteiger partial charge on any atom is -0.493 e. The molecule has 0 bridgehead atoms. The summed E-state index contributed by atoms with van der Waals surface area (Å²) in [7, 11) is 0. The Morgan fingerprint density at radius 2 is 1.28 bits per heavy atom. The minimum absolute atomic E-state index is 0.180. The van der Waals surface area contributed by atoms with E-state index < -0.39 is 86.8 Å². The van der Waals surface area contributed by atoms with Crippen LogP contribution in [0.25, 0.3) is 22.3 Å². The molecular weight excluding hydrogens is 594 g/mol. The lowest BCUT2D eigenvalue weighted by Gasteiger charge is -2.23. The van der Waals surface area contributed by atoms with Crippen LogP contribution in [0.5, 0.6) is 5.75 Å². The van der Waals surface area contributed by atoms with Gasteiger partial charge in [0.2, 0.25) is 0 Å². The first-order valence-electron chi connectivity index (χ1n) is 12.6. The molecule has 224 valence electrons. The van der Waals surface area contributed by atoms with Gasteiger partial charge in [0, 0.05) is 17.7 Å². The number of rotatable bonds is 6. The molecule has 0 fully saturated rings. The standard InChI is InChI=1S/C31H18F10O2/c1-14-2-5-27(42-13-14)15-3-4-19(20(32)6-15)16-7-23(35)29(24(36)8-16)31(40,41)43-18-11-21(33)28(22(34)12-18)17-9-25(37)30(39)26(38)10-17/h3-4,6-13,27H,2,5H2,1H3. The van der Waals surface area contributed by atoms with Crippen molar-refractivity contribution in [2.75, 3.05) is 0 Å². The Hall–Kier alpha value is -4.48. The van der Waals surface area contributed by atoms with Gasteiger partial charge in [-0.3, -0.25) is 0 Å². The molecule has 4 aromatic rings. The van der Waals surface area contributed by atoms with E-state index in [9.17, 15) is 43.9 Å². The first-order chi connectivity index (χ1) is 20.2. The molecule has 1 aliphatic heterocycles. The highest BCUT2D eigenvalue weighted by Crippen LogP contribution is 2.40. The minimum atomic E-state index is -4.84. The van der Waals surface area contributed by atoms with Crippen molar-refractivity contribution in [3.05, 3.63) is 124 Å². The molecule has 1 heterocycles. The fraction of sp³-hybridized carbons (Fsp3) is 0.161. The van der Waals surface area contributed by atoms with Crippen LogP contribution in [0.15, 0.2) is 66.4 Å². The van der Waals surface area contributed by atoms with Crippen molar-refractivity contribution in [1.29, 1.82) is 0 Å². The van der Waals surface area contributed by atoms with Crippen LogP contribution >= 0.6 is 0 Å². The summed E-state index contributed by atoms with van der Waals surface area (Å²) in [5.74, 6) is -14.6. The van der Waals surface area contributed by atoms with Gasteiger partial charge >= 0.3 is 6.11 Å². The lowest BCUT2D eigenvalue weighted by molar-refractivity contribution is -0.189. The van der Waals surface area contributed by atoms with E-state index in [1.54, 1.807) is 6.26 Å². The molecular formula is C31H18F10O2. The molecule has 1 unspecified atom stereocenters. The number of allylic oxidation sites excluding steroid dienone is 1. The van der Waals surface area contributed by atoms with Crippen molar-refractivity contribution in [1.82, 2.24) is 0 Å². The number of ether oxygens (including phenoxy) is 2. The summed E-state index contributed by atoms with van der Waals surface area (Å²) in [4.78, 5) is 0. The highest BCUT2D eigenvalue weighted by molar-refractivity contribution is 5.67. The molecule has 0 saturated heterocycles. The Balaban J connectivity index is 1.42. The fourth-order valence-corrected chi connectivity index (χ4v) is 4.69. The van der Waals surface area contributed by atoms with E-state index in [-0.39, 0.29) is 29.8 Å². The van der Waals surface area contributed by atoms with Crippen LogP contribution in [0.4, 0.5) is 43.9 Å². The zero-order valence-corrected chi connectivity index (χ0v) is 21.9. The third-order valence-electron chi connectivity index (χ3n) is 6.78. The smallest absolute Gasteiger partial charge is 0.432 e. The molecule has 0 saturated carbocycles. The zero-order valence-electron chi connectivity index (χ0n) is 21.9. The predicted octanol–water partition coefficient (Wildman–Crippen LogP) is 10.0. The van der Waals surface area contributed by atoms with Crippen LogP contribution in [-0.2, 0) is 10.8 Å². The van der Waals surface area contributed by atoms with E-state index in [1.165, 1.54) is 12.1 Å². The van der Waals surface area contributed by atoms with Gasteiger partial charge in [-0.15, -0.1) is 0 Å². The van der Waals surface area contributed by atoms with E-state index >= 15 is 0 Å². The van der Waals surface area contributed by atoms with Gasteiger partial charge in [-0.25, -0.2) is 35.1 Å². The number of benzene rings is 4. The third-order valence-corrected chi connectivity index (χ3v) is 6.78. The van der Waals surface area contributed by atoms with Gasteiger partial charge in [0.25, 0.3) is 0 Å². The third kappa shape index (κ3) is 5.91. The number of alkyl halides is 2. The van der Waals surface area contributed by atoms with Gasteiger partial charge in [-0.1, -0.05) is 12.1 Å². The summed E-state index contributed by atoms with van der Waals surface area (Å²) in [5.41, 5.74) is -3.08. The monoisotopic (exact) mass is 612 g/mol. The first-order valence-corrected chi connectivity index (χ1v) is 12.6. The molecule has 0 radical (unpaired) electrons. The van der Waals surface area contributed by atoms with Gasteiger partial charge < -0.3 is 9.47 Å². The summed E-state index contributed by atoms with van der Waals surface area (Å²) in [5, 5.41) is 0. The maximum absolute atomic E-state index is 14.9. The lowest BCUT2D eigenvalue weighted by Crippen LogP contribution is -2.25. The second-order valence-electron chi connectivity index (χ2n) is 9.82. The Morgan fingerprint density at radius 1 is 0.698 bits per heavy atom. The topological polar surface area (TPSA) is 18.5 Å². The molecule has 4 aromatic carbocycles. The Morgan fingerprint density at radius 3 is 1.81 bits per heavy atom. The van der Waals surface area contributed by atoms with E-state index in [2.05, 4.69) is 4.74 Å². The lowest BCUT2D eigenvalue weighted by atomic mass is 9.96. The second-order valence-corrected chi connectivity index (χ2v) is 9.82. The molecule has 2 nitrogen and oxygen atoms in total. The van der Waals surface area contributed by atoms with Crippen LogP contribution in [0.3, 0.4) is 0 Å². The van der Waals surface area contributed by atoms with Crippen molar-refractivity contribution in [2.45, 2.75) is 32.0 Å². The van der Waals surface area contributed by atoms with Crippen molar-refractivity contribution in [3.8, 4) is 28.0 Å². The maximum atomic E-state index is 14.9. The second kappa shape index (κ2) is 11.3. The Labute approximate surface area is 237 Å². The van der Waals surface area contributed by atoms with Crippen LogP contribution in [0, 0.1) is 46.5 Å². The van der Waals surface area contributed by atoms with E-state index in [1.807, 2.05) is 6.92 Å². The first kappa shape index (κ1) is 30.0. The molecule has 1 atom stereocenters. The normalized spacial score (nSPS) is 15.2. The van der Waals surface area contributed by atoms with Crippen LogP contribution in [0.1, 0.15) is 37.0 Å². The van der Waals surface area contributed by atoms with Crippen molar-refractivity contribution < 1.29 is 53.4 Å². The maximum Gasteiger partial charge on any atom is 0.432 e. The summed E-state index contributed by atoms with van der Waals surface area (Å²) in [6, 6.07) is 5.60. The van der Waals surface area contributed by atoms with Gasteiger partial charge in [0.1, 0.15) is 46.5 Å². The summed E-state index contributed by atoms with van der Waals surface area (Å²) >= 11 is 0. The molecule has 0 aromatic heterocycles. The number of halogens is 10. The zero-order chi connectivity index (χ0) is 31.2. The number of hydrogen-bond acceptors (Lipinski definition) is 2. The molecule has 0 amide bonds. The summed E-state index contributed by atoms with van der Waals surface area (Å²) in [6.07, 6.45) is -2.43. The van der Waals surface area contributed by atoms with E-state index in [0.29, 0.717) is 24.1 Å². The van der Waals surface area contributed by atoms with Gasteiger partial charge in [0.05, 0.1) is 11.8 Å². The Bertz CT molecular complexity index is 1700. The van der Waals surface area contributed by atoms with Gasteiger partial charge in [-0.2, -0.15) is 8.78 Å². The fourth-order valence-electron chi connectivity index (χ4n) is 4.69. The van der Waals surface area contributed by atoms with Gasteiger partial charge in [0.15, 0.2) is 17.5 Å². The van der Waals surface area contributed by atoms with Crippen molar-refractivity contribution in [2.24, 2.45) is 0 Å². The van der Waals surface area contributed by atoms with E-state index in [4.69, 9.17) is 4.74 Å². The van der Waals surface area contributed by atoms with Crippen LogP contribution < -0.4 is 4.74 Å². The molecule has 1 aliphatic rings. The summed E-state index contributed by atoms with van der Waals surface area (Å²) < 4.78 is 154. The highest BCUT2D eigenvalue weighted by atomic mass is 19.3. The van der Waals surface area contributed by atoms with Crippen LogP contribution in [-0.4, -0.2) is 0 Å². The number of hydrogen-bond donors (Lipinski definition) is 0. The molecule has 12 heteroatoms. The molecule has 5 rings (SSSR count). The Kier molecular flexibility index (Phi) is 7.89. The van der Waals surface area contributed by atoms with Gasteiger partial charge in [-0.05, 0) is 72.4 Å². The van der Waals surface area contributed by atoms with Crippen molar-refractivity contribution >= 4 is 0 Å². The van der Waals surface area contributed by atoms with Crippen molar-refractivity contribution in [3.63, 3.8) is 0 Å². The quantitative estimate of drug-likeness (QED) is 0.159. The SMILES string of the molecule is CC1=COC(c2ccc(-c3cc(F)c(C(F)(F)Oc4cc(F)c(-c5cc(F)c(F)c(F)c5)c(F)c4)c(F)c3)c(F)c2)CC1. The van der Waals surface area contributed by atoms with E-state index in [0.717, 1.165) is 18.1 Å².